The highest BCUT2D eigenvalue weighted by molar-refractivity contribution is 6.31. The summed E-state index contributed by atoms with van der Waals surface area (Å²) in [6.07, 6.45) is 0.808. The highest BCUT2D eigenvalue weighted by atomic mass is 35.5. The second-order valence-electron chi connectivity index (χ2n) is 3.84. The van der Waals surface area contributed by atoms with Crippen LogP contribution in [0.2, 0.25) is 5.02 Å². The van der Waals surface area contributed by atoms with Crippen molar-refractivity contribution in [1.29, 1.82) is 0 Å². The maximum absolute atomic E-state index is 13.4. The van der Waals surface area contributed by atoms with Gasteiger partial charge in [0.25, 0.3) is 0 Å². The van der Waals surface area contributed by atoms with Crippen molar-refractivity contribution in [2.24, 2.45) is 5.92 Å². The molecule has 2 atom stereocenters. The number of halogens is 2. The van der Waals surface area contributed by atoms with E-state index in [9.17, 15) is 9.18 Å². The Morgan fingerprint density at radius 2 is 2.33 bits per heavy atom. The molecule has 0 aromatic heterocycles. The zero-order valence-corrected chi connectivity index (χ0v) is 8.67. The molecule has 0 spiro atoms. The quantitative estimate of drug-likeness (QED) is 0.863. The summed E-state index contributed by atoms with van der Waals surface area (Å²) in [7, 11) is 0. The summed E-state index contributed by atoms with van der Waals surface area (Å²) in [6.45, 7) is 0. The average Bonchev–Trinajstić information content (AvgIpc) is 2.82. The maximum atomic E-state index is 13.4. The minimum atomic E-state index is -0.838. The number of aliphatic carboxylic acids is 1. The van der Waals surface area contributed by atoms with Crippen molar-refractivity contribution in [1.82, 2.24) is 0 Å². The molecule has 2 nitrogen and oxygen atoms in total. The fourth-order valence-electron chi connectivity index (χ4n) is 1.92. The smallest absolute Gasteiger partial charge is 0.303 e. The van der Waals surface area contributed by atoms with Crippen LogP contribution in [0, 0.1) is 11.7 Å². The molecule has 2 unspecified atom stereocenters. The van der Waals surface area contributed by atoms with E-state index in [0.717, 1.165) is 0 Å². The lowest BCUT2D eigenvalue weighted by Gasteiger charge is -2.04. The fourth-order valence-corrected chi connectivity index (χ4v) is 2.22. The fraction of sp³-hybridized carbons (Fsp3) is 0.364. The first-order chi connectivity index (χ1) is 7.09. The number of hydrogen-bond acceptors (Lipinski definition) is 1. The van der Waals surface area contributed by atoms with Crippen molar-refractivity contribution in [3.05, 3.63) is 34.6 Å². The van der Waals surface area contributed by atoms with E-state index < -0.39 is 5.97 Å². The highest BCUT2D eigenvalue weighted by Gasteiger charge is 2.42. The molecule has 1 fully saturated rings. The molecule has 1 aromatic carbocycles. The van der Waals surface area contributed by atoms with Crippen molar-refractivity contribution in [2.75, 3.05) is 0 Å². The minimum Gasteiger partial charge on any atom is -0.481 e. The second kappa shape index (κ2) is 3.81. The summed E-state index contributed by atoms with van der Waals surface area (Å²) >= 11 is 5.88. The number of carbonyl (C=O) groups is 1. The SMILES string of the molecule is O=C(O)CC1CC1c1c(F)cccc1Cl. The van der Waals surface area contributed by atoms with Crippen molar-refractivity contribution < 1.29 is 14.3 Å². The molecule has 80 valence electrons. The molecule has 0 amide bonds. The molecule has 15 heavy (non-hydrogen) atoms. The van der Waals surface area contributed by atoms with Gasteiger partial charge in [-0.15, -0.1) is 0 Å². The van der Waals surface area contributed by atoms with Crippen LogP contribution in [0.5, 0.6) is 0 Å². The van der Waals surface area contributed by atoms with Crippen LogP contribution in [0.25, 0.3) is 0 Å². The van der Waals surface area contributed by atoms with Crippen LogP contribution >= 0.6 is 11.6 Å². The Hall–Kier alpha value is -1.09. The Bertz CT molecular complexity index is 385. The summed E-state index contributed by atoms with van der Waals surface area (Å²) in [5, 5.41) is 9.00. The summed E-state index contributed by atoms with van der Waals surface area (Å²) < 4.78 is 13.4. The third-order valence-electron chi connectivity index (χ3n) is 2.73. The molecule has 0 saturated heterocycles. The second-order valence-corrected chi connectivity index (χ2v) is 4.24. The molecule has 0 bridgehead atoms. The lowest BCUT2D eigenvalue weighted by Crippen LogP contribution is -1.98. The molecule has 1 aliphatic carbocycles. The number of rotatable bonds is 3. The van der Waals surface area contributed by atoms with E-state index in [4.69, 9.17) is 16.7 Å². The van der Waals surface area contributed by atoms with E-state index in [1.54, 1.807) is 12.1 Å². The van der Waals surface area contributed by atoms with E-state index in [0.29, 0.717) is 17.0 Å². The third kappa shape index (κ3) is 2.12. The van der Waals surface area contributed by atoms with Gasteiger partial charge >= 0.3 is 5.97 Å². The van der Waals surface area contributed by atoms with Gasteiger partial charge < -0.3 is 5.11 Å². The summed E-state index contributed by atoms with van der Waals surface area (Å²) in [5.74, 6) is -1.15. The van der Waals surface area contributed by atoms with Crippen LogP contribution in [-0.4, -0.2) is 11.1 Å². The van der Waals surface area contributed by atoms with E-state index in [2.05, 4.69) is 0 Å². The van der Waals surface area contributed by atoms with Crippen LogP contribution in [0.15, 0.2) is 18.2 Å². The summed E-state index contributed by atoms with van der Waals surface area (Å²) in [5.41, 5.74) is 0.477. The predicted octanol–water partition coefficient (Wildman–Crippen LogP) is 3.06. The van der Waals surface area contributed by atoms with E-state index >= 15 is 0 Å². The Labute approximate surface area is 91.7 Å². The molecule has 1 saturated carbocycles. The van der Waals surface area contributed by atoms with Gasteiger partial charge in [-0.3, -0.25) is 4.79 Å². The van der Waals surface area contributed by atoms with Crippen molar-refractivity contribution in [3.8, 4) is 0 Å². The molecule has 1 aliphatic rings. The predicted molar refractivity (Wildman–Crippen MR) is 54.5 cm³/mol. The average molecular weight is 229 g/mol. The Balaban J connectivity index is 2.16. The van der Waals surface area contributed by atoms with Crippen molar-refractivity contribution >= 4 is 17.6 Å². The van der Waals surface area contributed by atoms with Crippen LogP contribution in [0.1, 0.15) is 24.3 Å². The molecular weight excluding hydrogens is 219 g/mol. The Morgan fingerprint density at radius 1 is 1.60 bits per heavy atom. The molecular formula is C11H10ClFO2. The van der Waals surface area contributed by atoms with Crippen LogP contribution in [0.3, 0.4) is 0 Å². The van der Waals surface area contributed by atoms with Crippen LogP contribution in [-0.2, 0) is 4.79 Å². The van der Waals surface area contributed by atoms with E-state index in [-0.39, 0.29) is 24.1 Å². The number of hydrogen-bond donors (Lipinski definition) is 1. The van der Waals surface area contributed by atoms with Crippen molar-refractivity contribution in [2.45, 2.75) is 18.8 Å². The molecule has 1 N–H and O–H groups in total. The summed E-state index contributed by atoms with van der Waals surface area (Å²) in [6, 6.07) is 4.54. The lowest BCUT2D eigenvalue weighted by molar-refractivity contribution is -0.137. The normalized spacial score (nSPS) is 23.9. The first kappa shape index (κ1) is 10.4. The number of carboxylic acids is 1. The zero-order valence-electron chi connectivity index (χ0n) is 7.91. The lowest BCUT2D eigenvalue weighted by atomic mass is 10.1. The van der Waals surface area contributed by atoms with Gasteiger partial charge in [-0.05, 0) is 30.4 Å². The zero-order chi connectivity index (χ0) is 11.0. The van der Waals surface area contributed by atoms with Crippen LogP contribution < -0.4 is 0 Å². The van der Waals surface area contributed by atoms with Gasteiger partial charge in [0.15, 0.2) is 0 Å². The van der Waals surface area contributed by atoms with Crippen LogP contribution in [0.4, 0.5) is 4.39 Å². The van der Waals surface area contributed by atoms with E-state index in [1.165, 1.54) is 6.07 Å². The molecule has 0 aliphatic heterocycles. The molecule has 4 heteroatoms. The number of carboxylic acid groups (broad SMARTS) is 1. The summed E-state index contributed by atoms with van der Waals surface area (Å²) in [4.78, 5) is 10.5. The molecule has 2 rings (SSSR count). The van der Waals surface area contributed by atoms with E-state index in [1.807, 2.05) is 0 Å². The Morgan fingerprint density at radius 3 is 2.93 bits per heavy atom. The first-order valence-electron chi connectivity index (χ1n) is 4.75. The van der Waals surface area contributed by atoms with Gasteiger partial charge in [-0.25, -0.2) is 4.39 Å². The molecule has 1 aromatic rings. The van der Waals surface area contributed by atoms with Gasteiger partial charge in [0, 0.05) is 17.0 Å². The highest BCUT2D eigenvalue weighted by Crippen LogP contribution is 2.52. The van der Waals surface area contributed by atoms with Gasteiger partial charge in [0.2, 0.25) is 0 Å². The first-order valence-corrected chi connectivity index (χ1v) is 5.13. The Kier molecular flexibility index (Phi) is 2.65. The largest absolute Gasteiger partial charge is 0.481 e. The number of benzene rings is 1. The maximum Gasteiger partial charge on any atom is 0.303 e. The third-order valence-corrected chi connectivity index (χ3v) is 3.06. The monoisotopic (exact) mass is 228 g/mol. The van der Waals surface area contributed by atoms with Crippen molar-refractivity contribution in [3.63, 3.8) is 0 Å². The molecule has 0 radical (unpaired) electrons. The van der Waals surface area contributed by atoms with Gasteiger partial charge in [0.05, 0.1) is 0 Å². The topological polar surface area (TPSA) is 37.3 Å². The molecule has 0 heterocycles. The minimum absolute atomic E-state index is 0.0187. The van der Waals surface area contributed by atoms with Gasteiger partial charge in [-0.1, -0.05) is 17.7 Å². The van der Waals surface area contributed by atoms with Gasteiger partial charge in [-0.2, -0.15) is 0 Å². The van der Waals surface area contributed by atoms with Gasteiger partial charge in [0.1, 0.15) is 5.82 Å². The standard InChI is InChI=1S/C11H10ClFO2/c12-8-2-1-3-9(13)11(8)7-4-6(7)5-10(14)15/h1-3,6-7H,4-5H2,(H,14,15).